The third-order valence-corrected chi connectivity index (χ3v) is 5.44. The predicted molar refractivity (Wildman–Crippen MR) is 138 cm³/mol. The van der Waals surface area contributed by atoms with Crippen LogP contribution in [0.1, 0.15) is 35.5 Å². The van der Waals surface area contributed by atoms with Crippen LogP contribution in [0.5, 0.6) is 0 Å². The molecule has 2 nitrogen and oxygen atoms in total. The van der Waals surface area contributed by atoms with Crippen molar-refractivity contribution < 1.29 is 0 Å². The van der Waals surface area contributed by atoms with Crippen LogP contribution in [0, 0.1) is 6.92 Å². The van der Waals surface area contributed by atoms with Crippen molar-refractivity contribution in [1.29, 1.82) is 0 Å². The van der Waals surface area contributed by atoms with E-state index in [1.165, 1.54) is 39.1 Å². The number of pyridine rings is 1. The second-order valence-corrected chi connectivity index (χ2v) is 8.45. The average Bonchev–Trinajstić information content (AvgIpc) is 2.80. The first-order valence-electron chi connectivity index (χ1n) is 10.6. The number of nitrogens with zero attached hydrogens (tertiary/aromatic N) is 1. The lowest BCUT2D eigenvalue weighted by Crippen LogP contribution is -2.28. The summed E-state index contributed by atoms with van der Waals surface area (Å²) in [5, 5.41) is 3.67. The number of hydrogen-bond donors (Lipinski definition) is 1. The smallest absolute Gasteiger partial charge is 0.134 e. The van der Waals surface area contributed by atoms with Crippen LogP contribution in [0.25, 0.3) is 22.8 Å². The zero-order valence-corrected chi connectivity index (χ0v) is 19.4. The Morgan fingerprint density at radius 3 is 2.16 bits per heavy atom. The SMILES string of the molecule is CC1=CC(c2ccccc2)=C2C=Cc3c(-c4ccccc4)cc(C)nc3C2N1.C[B]P. The van der Waals surface area contributed by atoms with Gasteiger partial charge in [0.15, 0.2) is 0 Å². The van der Waals surface area contributed by atoms with Gasteiger partial charge in [0.1, 0.15) is 7.00 Å². The van der Waals surface area contributed by atoms with E-state index in [1.807, 2.05) is 13.8 Å². The molecule has 0 bridgehead atoms. The van der Waals surface area contributed by atoms with Crippen LogP contribution in [0.15, 0.2) is 90.2 Å². The second kappa shape index (κ2) is 9.50. The molecule has 1 aliphatic heterocycles. The summed E-state index contributed by atoms with van der Waals surface area (Å²) in [6.07, 6.45) is 6.73. The van der Waals surface area contributed by atoms with Crippen molar-refractivity contribution in [1.82, 2.24) is 10.3 Å². The summed E-state index contributed by atoms with van der Waals surface area (Å²) >= 11 is 0. The van der Waals surface area contributed by atoms with Crippen molar-refractivity contribution in [3.63, 3.8) is 0 Å². The summed E-state index contributed by atoms with van der Waals surface area (Å²) in [6, 6.07) is 23.5. The molecule has 1 N–H and O–H groups in total. The fourth-order valence-corrected chi connectivity index (χ4v) is 4.20. The van der Waals surface area contributed by atoms with E-state index in [9.17, 15) is 0 Å². The molecule has 2 aromatic carbocycles. The number of aromatic nitrogens is 1. The number of aryl methyl sites for hydroxylation is 1. The second-order valence-electron chi connectivity index (χ2n) is 7.78. The van der Waals surface area contributed by atoms with E-state index < -0.39 is 0 Å². The van der Waals surface area contributed by atoms with Crippen molar-refractivity contribution in [3.05, 3.63) is 113 Å². The van der Waals surface area contributed by atoms with E-state index in [1.54, 1.807) is 0 Å². The van der Waals surface area contributed by atoms with E-state index >= 15 is 0 Å². The van der Waals surface area contributed by atoms with Gasteiger partial charge in [0.2, 0.25) is 0 Å². The minimum absolute atomic E-state index is 0.0718. The van der Waals surface area contributed by atoms with E-state index in [0.717, 1.165) is 11.4 Å². The first-order valence-corrected chi connectivity index (χ1v) is 11.3. The summed E-state index contributed by atoms with van der Waals surface area (Å²) in [6.45, 7) is 8.09. The summed E-state index contributed by atoms with van der Waals surface area (Å²) in [5.74, 6) is 0. The van der Waals surface area contributed by atoms with Gasteiger partial charge in [-0.25, -0.2) is 0 Å². The van der Waals surface area contributed by atoms with Crippen LogP contribution < -0.4 is 5.32 Å². The van der Waals surface area contributed by atoms with Gasteiger partial charge in [-0.3, -0.25) is 4.98 Å². The molecule has 0 spiro atoms. The van der Waals surface area contributed by atoms with E-state index in [4.69, 9.17) is 4.98 Å². The maximum absolute atomic E-state index is 4.97. The highest BCUT2D eigenvalue weighted by Gasteiger charge is 2.29. The molecule has 2 unspecified atom stereocenters. The van der Waals surface area contributed by atoms with Gasteiger partial charge in [-0.15, -0.1) is 0 Å². The largest absolute Gasteiger partial charge is 0.376 e. The Hall–Kier alpha value is -2.90. The van der Waals surface area contributed by atoms with Gasteiger partial charge in [-0.05, 0) is 53.8 Å². The predicted octanol–water partition coefficient (Wildman–Crippen LogP) is 6.61. The van der Waals surface area contributed by atoms with Crippen LogP contribution in [-0.2, 0) is 0 Å². The number of allylic oxidation sites excluding steroid dienone is 3. The maximum Gasteiger partial charge on any atom is 0.134 e. The molecule has 0 saturated heterocycles. The molecule has 3 aromatic rings. The van der Waals surface area contributed by atoms with E-state index in [0.29, 0.717) is 0 Å². The van der Waals surface area contributed by atoms with Crippen molar-refractivity contribution in [2.24, 2.45) is 0 Å². The van der Waals surface area contributed by atoms with Gasteiger partial charge >= 0.3 is 0 Å². The summed E-state index contributed by atoms with van der Waals surface area (Å²) < 4.78 is 0. The van der Waals surface area contributed by atoms with Crippen molar-refractivity contribution in [2.45, 2.75) is 26.7 Å². The van der Waals surface area contributed by atoms with Crippen molar-refractivity contribution >= 4 is 27.8 Å². The molecule has 5 rings (SSSR count). The summed E-state index contributed by atoms with van der Waals surface area (Å²) in [4.78, 5) is 4.97. The summed E-state index contributed by atoms with van der Waals surface area (Å²) in [7, 11) is 2.45. The fourth-order valence-electron chi connectivity index (χ4n) is 4.20. The first-order chi connectivity index (χ1) is 15.1. The Balaban J connectivity index is 0.000000730. The van der Waals surface area contributed by atoms with Crippen LogP contribution >= 0.6 is 9.12 Å². The molecule has 2 atom stereocenters. The van der Waals surface area contributed by atoms with Crippen molar-refractivity contribution in [3.8, 4) is 11.1 Å². The van der Waals surface area contributed by atoms with Gasteiger partial charge in [0.05, 0.1) is 11.7 Å². The van der Waals surface area contributed by atoms with Gasteiger partial charge in [-0.1, -0.05) is 79.6 Å². The molecule has 0 amide bonds. The molecule has 0 saturated carbocycles. The molecule has 1 radical (unpaired) electrons. The number of benzene rings is 2. The Morgan fingerprint density at radius 2 is 1.52 bits per heavy atom. The molecule has 2 heterocycles. The maximum atomic E-state index is 4.97. The topological polar surface area (TPSA) is 24.9 Å². The van der Waals surface area contributed by atoms with Gasteiger partial charge in [-0.2, -0.15) is 9.12 Å². The standard InChI is InChI=1S/C26H22N2.CH5BP/c1-17-15-23(19-9-5-3-6-10-19)21-13-14-22-24(20-11-7-4-8-12-20)16-18(2)28-26(22)25(21)27-17;1-2-3/h3-16,25,27H,1-2H3;3H2,1H3. The van der Waals surface area contributed by atoms with Crippen LogP contribution in [0.3, 0.4) is 0 Å². The Labute approximate surface area is 188 Å². The first kappa shape index (κ1) is 21.3. The highest BCUT2D eigenvalue weighted by Crippen LogP contribution is 2.42. The van der Waals surface area contributed by atoms with E-state index in [2.05, 4.69) is 113 Å². The lowest BCUT2D eigenvalue weighted by molar-refractivity contribution is 0.657. The fraction of sp³-hybridized carbons (Fsp3) is 0.148. The highest BCUT2D eigenvalue weighted by molar-refractivity contribution is 7.55. The average molecular weight is 421 g/mol. The molecule has 153 valence electrons. The summed E-state index contributed by atoms with van der Waals surface area (Å²) in [5.41, 5.74) is 10.8. The van der Waals surface area contributed by atoms with Gasteiger partial charge < -0.3 is 5.32 Å². The van der Waals surface area contributed by atoms with Crippen LogP contribution in [0.4, 0.5) is 0 Å². The highest BCUT2D eigenvalue weighted by atomic mass is 31.0. The lowest BCUT2D eigenvalue weighted by atomic mass is 9.82. The van der Waals surface area contributed by atoms with Gasteiger partial charge in [0, 0.05) is 17.0 Å². The molecule has 31 heavy (non-hydrogen) atoms. The third-order valence-electron chi connectivity index (χ3n) is 5.44. The molecule has 0 fully saturated rings. The molecule has 4 heteroatoms. The molecule has 1 aromatic heterocycles. The van der Waals surface area contributed by atoms with E-state index in [-0.39, 0.29) is 6.04 Å². The Bertz CT molecular complexity index is 1160. The molecular weight excluding hydrogens is 394 g/mol. The monoisotopic (exact) mass is 421 g/mol. The number of fused-ring (bicyclic) bond motifs is 3. The quantitative estimate of drug-likeness (QED) is 0.372. The van der Waals surface area contributed by atoms with Crippen LogP contribution in [-0.4, -0.2) is 12.0 Å². The number of hydrogen-bond acceptors (Lipinski definition) is 2. The number of dihydropyridines is 1. The van der Waals surface area contributed by atoms with Gasteiger partial charge in [0.25, 0.3) is 0 Å². The Morgan fingerprint density at radius 1 is 0.903 bits per heavy atom. The molecular formula is C27H27BN2P. The lowest BCUT2D eigenvalue weighted by Gasteiger charge is -2.32. The Kier molecular flexibility index (Phi) is 6.54. The minimum atomic E-state index is 0.0718. The zero-order chi connectivity index (χ0) is 21.8. The zero-order valence-electron chi connectivity index (χ0n) is 18.3. The molecule has 1 aliphatic carbocycles. The minimum Gasteiger partial charge on any atom is -0.376 e. The third kappa shape index (κ3) is 4.43. The van der Waals surface area contributed by atoms with Crippen molar-refractivity contribution in [2.75, 3.05) is 0 Å². The normalized spacial score (nSPS) is 16.3. The van der Waals surface area contributed by atoms with Crippen LogP contribution in [0.2, 0.25) is 6.82 Å². The number of rotatable bonds is 2. The number of nitrogens with one attached hydrogen (secondary N) is 1. The molecule has 2 aliphatic rings.